The summed E-state index contributed by atoms with van der Waals surface area (Å²) in [6, 6.07) is 76.7. The van der Waals surface area contributed by atoms with Crippen molar-refractivity contribution in [2.45, 2.75) is 0 Å². The van der Waals surface area contributed by atoms with E-state index in [0.717, 1.165) is 78.1 Å². The Kier molecular flexibility index (Phi) is 8.47. The van der Waals surface area contributed by atoms with Crippen molar-refractivity contribution in [1.29, 1.82) is 0 Å². The van der Waals surface area contributed by atoms with E-state index in [4.69, 9.17) is 9.97 Å². The van der Waals surface area contributed by atoms with E-state index in [-0.39, 0.29) is 0 Å². The minimum absolute atomic E-state index is 0.808. The molecule has 0 spiro atoms. The molecule has 0 fully saturated rings. The molecular weight excluding hydrogens is 681 g/mol. The molecule has 9 aromatic carbocycles. The standard InChI is InChI=1S/C52H36N4/c1-5-15-37(16-6-1)39-25-30-44(31-26-39)55(42-20-9-3-10-21-42)48-35-36-49(52-51(48)53-47-34-29-41-19-13-14-24-46(41)50(47)54-52)56(43-22-11-4-12-23-43)45-32-27-40(28-33-45)38-17-7-2-8-18-38/h1-36H. The molecule has 56 heavy (non-hydrogen) atoms. The summed E-state index contributed by atoms with van der Waals surface area (Å²) in [5.74, 6) is 0. The van der Waals surface area contributed by atoms with Crippen molar-refractivity contribution < 1.29 is 0 Å². The fourth-order valence-corrected chi connectivity index (χ4v) is 7.70. The predicted octanol–water partition coefficient (Wildman–Crippen LogP) is 14.2. The summed E-state index contributed by atoms with van der Waals surface area (Å²) in [6.07, 6.45) is 0. The van der Waals surface area contributed by atoms with Gasteiger partial charge in [0.25, 0.3) is 0 Å². The summed E-state index contributed by atoms with van der Waals surface area (Å²) in [7, 11) is 0. The molecular formula is C52H36N4. The maximum atomic E-state index is 5.60. The molecule has 0 aliphatic rings. The molecule has 0 bridgehead atoms. The van der Waals surface area contributed by atoms with Crippen molar-refractivity contribution >= 4 is 67.0 Å². The zero-order valence-electron chi connectivity index (χ0n) is 30.6. The lowest BCUT2D eigenvalue weighted by Crippen LogP contribution is -2.14. The molecule has 10 aromatic rings. The molecule has 0 radical (unpaired) electrons. The summed E-state index contributed by atoms with van der Waals surface area (Å²) in [6.45, 7) is 0. The third-order valence-corrected chi connectivity index (χ3v) is 10.4. The van der Waals surface area contributed by atoms with E-state index >= 15 is 0 Å². The van der Waals surface area contributed by atoms with Gasteiger partial charge in [0.2, 0.25) is 0 Å². The first kappa shape index (κ1) is 33.0. The highest BCUT2D eigenvalue weighted by Crippen LogP contribution is 2.45. The van der Waals surface area contributed by atoms with Crippen LogP contribution in [-0.2, 0) is 0 Å². The van der Waals surface area contributed by atoms with Gasteiger partial charge in [-0.05, 0) is 94.4 Å². The van der Waals surface area contributed by atoms with Crippen LogP contribution >= 0.6 is 0 Å². The number of aromatic nitrogens is 2. The molecule has 1 aromatic heterocycles. The second-order valence-corrected chi connectivity index (χ2v) is 13.8. The number of rotatable bonds is 8. The quantitative estimate of drug-likeness (QED) is 0.116. The van der Waals surface area contributed by atoms with E-state index in [0.29, 0.717) is 0 Å². The van der Waals surface area contributed by atoms with Gasteiger partial charge in [0, 0.05) is 28.1 Å². The lowest BCUT2D eigenvalue weighted by molar-refractivity contribution is 1.25. The minimum atomic E-state index is 0.808. The van der Waals surface area contributed by atoms with Crippen LogP contribution in [0, 0.1) is 0 Å². The van der Waals surface area contributed by atoms with E-state index in [1.807, 2.05) is 0 Å². The summed E-state index contributed by atoms with van der Waals surface area (Å²) in [5, 5.41) is 2.21. The van der Waals surface area contributed by atoms with Crippen LogP contribution in [0.1, 0.15) is 0 Å². The zero-order chi connectivity index (χ0) is 37.3. The van der Waals surface area contributed by atoms with Gasteiger partial charge in [0.05, 0.1) is 22.4 Å². The number of fused-ring (bicyclic) bond motifs is 4. The Balaban J connectivity index is 1.22. The largest absolute Gasteiger partial charge is 0.308 e. The van der Waals surface area contributed by atoms with Crippen LogP contribution in [0.2, 0.25) is 0 Å². The topological polar surface area (TPSA) is 32.3 Å². The number of hydrogen-bond acceptors (Lipinski definition) is 4. The molecule has 0 unspecified atom stereocenters. The zero-order valence-corrected chi connectivity index (χ0v) is 30.6. The van der Waals surface area contributed by atoms with Gasteiger partial charge in [0.1, 0.15) is 11.0 Å². The number of hydrogen-bond donors (Lipinski definition) is 0. The predicted molar refractivity (Wildman–Crippen MR) is 235 cm³/mol. The third kappa shape index (κ3) is 6.09. The molecule has 0 atom stereocenters. The lowest BCUT2D eigenvalue weighted by Gasteiger charge is -2.30. The van der Waals surface area contributed by atoms with Crippen LogP contribution in [-0.4, -0.2) is 9.97 Å². The smallest absolute Gasteiger partial charge is 0.116 e. The highest BCUT2D eigenvalue weighted by molar-refractivity contribution is 6.11. The first-order valence-corrected chi connectivity index (χ1v) is 18.9. The van der Waals surface area contributed by atoms with Crippen LogP contribution in [0.5, 0.6) is 0 Å². The van der Waals surface area contributed by atoms with Gasteiger partial charge in [-0.1, -0.05) is 152 Å². The van der Waals surface area contributed by atoms with E-state index in [2.05, 4.69) is 228 Å². The van der Waals surface area contributed by atoms with E-state index in [1.54, 1.807) is 0 Å². The molecule has 0 N–H and O–H groups in total. The van der Waals surface area contributed by atoms with Crippen molar-refractivity contribution in [2.75, 3.05) is 9.80 Å². The van der Waals surface area contributed by atoms with Crippen molar-refractivity contribution in [1.82, 2.24) is 9.97 Å². The Bertz CT molecular complexity index is 2930. The Hall–Kier alpha value is -7.56. The first-order valence-electron chi connectivity index (χ1n) is 18.9. The third-order valence-electron chi connectivity index (χ3n) is 10.4. The monoisotopic (exact) mass is 716 g/mol. The fourth-order valence-electron chi connectivity index (χ4n) is 7.70. The maximum Gasteiger partial charge on any atom is 0.116 e. The summed E-state index contributed by atoms with van der Waals surface area (Å²) >= 11 is 0. The lowest BCUT2D eigenvalue weighted by atomic mass is 10.0. The molecule has 0 aliphatic heterocycles. The molecule has 4 heteroatoms. The maximum absolute atomic E-state index is 5.60. The highest BCUT2D eigenvalue weighted by Gasteiger charge is 2.24. The van der Waals surface area contributed by atoms with Crippen molar-refractivity contribution in [3.8, 4) is 22.3 Å². The van der Waals surface area contributed by atoms with Gasteiger partial charge in [-0.25, -0.2) is 9.97 Å². The number of benzene rings is 9. The molecule has 0 amide bonds. The van der Waals surface area contributed by atoms with Gasteiger partial charge in [0.15, 0.2) is 0 Å². The second kappa shape index (κ2) is 14.3. The van der Waals surface area contributed by atoms with Gasteiger partial charge in [-0.3, -0.25) is 0 Å². The Morgan fingerprint density at radius 3 is 1.16 bits per heavy atom. The van der Waals surface area contributed by atoms with E-state index in [9.17, 15) is 0 Å². The highest BCUT2D eigenvalue weighted by atomic mass is 15.2. The van der Waals surface area contributed by atoms with Crippen LogP contribution < -0.4 is 9.80 Å². The van der Waals surface area contributed by atoms with Crippen LogP contribution in [0.15, 0.2) is 218 Å². The first-order chi connectivity index (χ1) is 27.8. The molecule has 4 nitrogen and oxygen atoms in total. The molecule has 10 rings (SSSR count). The summed E-state index contributed by atoms with van der Waals surface area (Å²) < 4.78 is 0. The van der Waals surface area contributed by atoms with E-state index < -0.39 is 0 Å². The Labute approximate surface area is 326 Å². The molecule has 0 aliphatic carbocycles. The molecule has 1 heterocycles. The SMILES string of the molecule is c1ccc(-c2ccc(N(c3ccccc3)c3ccc(N(c4ccccc4)c4ccc(-c5ccccc5)cc4)c4nc5c(ccc6ccccc65)nc34)cc2)cc1. The van der Waals surface area contributed by atoms with Gasteiger partial charge >= 0.3 is 0 Å². The number of anilines is 6. The van der Waals surface area contributed by atoms with Gasteiger partial charge < -0.3 is 9.80 Å². The van der Waals surface area contributed by atoms with Gasteiger partial charge in [-0.15, -0.1) is 0 Å². The van der Waals surface area contributed by atoms with E-state index in [1.165, 1.54) is 11.1 Å². The summed E-state index contributed by atoms with van der Waals surface area (Å²) in [4.78, 5) is 15.7. The fraction of sp³-hybridized carbons (Fsp3) is 0. The average molecular weight is 717 g/mol. The van der Waals surface area contributed by atoms with Crippen molar-refractivity contribution in [3.63, 3.8) is 0 Å². The normalized spacial score (nSPS) is 11.2. The Morgan fingerprint density at radius 2 is 0.661 bits per heavy atom. The average Bonchev–Trinajstić information content (AvgIpc) is 3.28. The summed E-state index contributed by atoms with van der Waals surface area (Å²) in [5.41, 5.74) is 14.0. The minimum Gasteiger partial charge on any atom is -0.308 e. The van der Waals surface area contributed by atoms with Crippen LogP contribution in [0.4, 0.5) is 34.1 Å². The van der Waals surface area contributed by atoms with Crippen molar-refractivity contribution in [3.05, 3.63) is 218 Å². The van der Waals surface area contributed by atoms with Crippen LogP contribution in [0.25, 0.3) is 55.1 Å². The van der Waals surface area contributed by atoms with Crippen molar-refractivity contribution in [2.24, 2.45) is 0 Å². The van der Waals surface area contributed by atoms with Crippen LogP contribution in [0.3, 0.4) is 0 Å². The van der Waals surface area contributed by atoms with Gasteiger partial charge in [-0.2, -0.15) is 0 Å². The number of nitrogens with zero attached hydrogens (tertiary/aromatic N) is 4. The second-order valence-electron chi connectivity index (χ2n) is 13.8. The molecule has 0 saturated heterocycles. The Morgan fingerprint density at radius 1 is 0.268 bits per heavy atom. The number of para-hydroxylation sites is 2. The molecule has 264 valence electrons. The molecule has 0 saturated carbocycles.